The van der Waals surface area contributed by atoms with Gasteiger partial charge in [-0.1, -0.05) is 37.3 Å². The zero-order chi connectivity index (χ0) is 14.8. The number of hydrogen-bond donors (Lipinski definition) is 1. The lowest BCUT2D eigenvalue weighted by molar-refractivity contribution is 0.0314. The molecule has 0 amide bonds. The van der Waals surface area contributed by atoms with E-state index in [4.69, 9.17) is 22.7 Å². The van der Waals surface area contributed by atoms with Crippen molar-refractivity contribution in [3.63, 3.8) is 0 Å². The molecule has 1 unspecified atom stereocenters. The zero-order valence-corrected chi connectivity index (χ0v) is 12.9. The first-order valence-electron chi connectivity index (χ1n) is 6.47. The average Bonchev–Trinajstić information content (AvgIpc) is 2.47. The van der Waals surface area contributed by atoms with E-state index in [0.717, 1.165) is 0 Å². The van der Waals surface area contributed by atoms with E-state index in [0.29, 0.717) is 31.7 Å². The minimum absolute atomic E-state index is 0.0884. The second kappa shape index (κ2) is 6.17. The van der Waals surface area contributed by atoms with Gasteiger partial charge in [0.15, 0.2) is 0 Å². The number of rotatable bonds is 4. The molecule has 2 rings (SSSR count). The minimum atomic E-state index is -3.61. The van der Waals surface area contributed by atoms with Crippen molar-refractivity contribution in [2.75, 3.05) is 19.8 Å². The van der Waals surface area contributed by atoms with E-state index >= 15 is 0 Å². The molecule has 7 heteroatoms. The number of benzene rings is 1. The highest BCUT2D eigenvalue weighted by Crippen LogP contribution is 2.24. The van der Waals surface area contributed by atoms with Gasteiger partial charge in [-0.2, -0.15) is 4.31 Å². The van der Waals surface area contributed by atoms with Crippen molar-refractivity contribution < 1.29 is 13.2 Å². The molecular formula is C13H18N2O3S2. The van der Waals surface area contributed by atoms with Gasteiger partial charge in [0.25, 0.3) is 0 Å². The number of hydrogen-bond acceptors (Lipinski definition) is 4. The summed E-state index contributed by atoms with van der Waals surface area (Å²) in [5.74, 6) is 0. The van der Waals surface area contributed by atoms with E-state index in [1.807, 2.05) is 6.92 Å². The van der Waals surface area contributed by atoms with E-state index in [-0.39, 0.29) is 15.9 Å². The fraction of sp³-hybridized carbons (Fsp3) is 0.462. The highest BCUT2D eigenvalue weighted by Gasteiger charge is 2.34. The first kappa shape index (κ1) is 15.4. The standard InChI is InChI=1S/C13H18N2O3S2/c1-2-10-9-18-8-7-15(10)20(16,17)12-6-4-3-5-11(12)13(14)19/h3-6,10H,2,7-9H2,1H3,(H2,14,19). The maximum Gasteiger partial charge on any atom is 0.244 e. The molecule has 2 N–H and O–H groups in total. The van der Waals surface area contributed by atoms with E-state index in [1.54, 1.807) is 24.3 Å². The molecule has 1 aliphatic rings. The molecular weight excluding hydrogens is 296 g/mol. The lowest BCUT2D eigenvalue weighted by atomic mass is 10.2. The molecule has 20 heavy (non-hydrogen) atoms. The summed E-state index contributed by atoms with van der Waals surface area (Å²) in [6.07, 6.45) is 0.703. The maximum atomic E-state index is 12.8. The van der Waals surface area contributed by atoms with Crippen LogP contribution in [0, 0.1) is 0 Å². The molecule has 110 valence electrons. The van der Waals surface area contributed by atoms with Gasteiger partial charge in [-0.25, -0.2) is 8.42 Å². The fourth-order valence-electron chi connectivity index (χ4n) is 2.30. The number of nitrogens with zero attached hydrogens (tertiary/aromatic N) is 1. The van der Waals surface area contributed by atoms with Crippen LogP contribution in [0.25, 0.3) is 0 Å². The summed E-state index contributed by atoms with van der Waals surface area (Å²) in [6, 6.07) is 6.44. The smallest absolute Gasteiger partial charge is 0.244 e. The van der Waals surface area contributed by atoms with E-state index in [9.17, 15) is 8.42 Å². The Balaban J connectivity index is 2.47. The molecule has 1 heterocycles. The van der Waals surface area contributed by atoms with Crippen molar-refractivity contribution in [1.29, 1.82) is 0 Å². The van der Waals surface area contributed by atoms with Gasteiger partial charge in [-0.15, -0.1) is 0 Å². The maximum absolute atomic E-state index is 12.8. The largest absolute Gasteiger partial charge is 0.389 e. The predicted molar refractivity (Wildman–Crippen MR) is 81.1 cm³/mol. The van der Waals surface area contributed by atoms with Gasteiger partial charge in [-0.05, 0) is 12.5 Å². The molecule has 1 atom stereocenters. The summed E-state index contributed by atoms with van der Waals surface area (Å²) < 4.78 is 32.5. The quantitative estimate of drug-likeness (QED) is 0.843. The molecule has 0 bridgehead atoms. The van der Waals surface area contributed by atoms with Crippen molar-refractivity contribution >= 4 is 27.2 Å². The Labute approximate surface area is 124 Å². The second-order valence-corrected chi connectivity index (χ2v) is 6.91. The highest BCUT2D eigenvalue weighted by atomic mass is 32.2. The van der Waals surface area contributed by atoms with Crippen molar-refractivity contribution in [2.45, 2.75) is 24.3 Å². The van der Waals surface area contributed by atoms with Crippen LogP contribution in [-0.2, 0) is 14.8 Å². The van der Waals surface area contributed by atoms with Crippen LogP contribution >= 0.6 is 12.2 Å². The van der Waals surface area contributed by atoms with Crippen molar-refractivity contribution in [3.8, 4) is 0 Å². The van der Waals surface area contributed by atoms with Crippen LogP contribution in [0.2, 0.25) is 0 Å². The summed E-state index contributed by atoms with van der Waals surface area (Å²) in [6.45, 7) is 3.13. The second-order valence-electron chi connectivity index (χ2n) is 4.61. The first-order valence-corrected chi connectivity index (χ1v) is 8.31. The van der Waals surface area contributed by atoms with Crippen molar-refractivity contribution in [3.05, 3.63) is 29.8 Å². The van der Waals surface area contributed by atoms with E-state index in [2.05, 4.69) is 0 Å². The topological polar surface area (TPSA) is 72.6 Å². The first-order chi connectivity index (χ1) is 9.48. The van der Waals surface area contributed by atoms with Crippen LogP contribution < -0.4 is 5.73 Å². The third-order valence-electron chi connectivity index (χ3n) is 3.38. The Bertz CT molecular complexity index is 601. The van der Waals surface area contributed by atoms with Crippen LogP contribution in [0.15, 0.2) is 29.2 Å². The Kier molecular flexibility index (Phi) is 4.74. The van der Waals surface area contributed by atoms with Gasteiger partial charge >= 0.3 is 0 Å². The summed E-state index contributed by atoms with van der Waals surface area (Å²) in [4.78, 5) is 0.262. The summed E-state index contributed by atoms with van der Waals surface area (Å²) in [5, 5.41) is 0. The average molecular weight is 314 g/mol. The van der Waals surface area contributed by atoms with Crippen molar-refractivity contribution in [1.82, 2.24) is 4.31 Å². The van der Waals surface area contributed by atoms with Gasteiger partial charge in [-0.3, -0.25) is 0 Å². The number of nitrogens with two attached hydrogens (primary N) is 1. The van der Waals surface area contributed by atoms with Gasteiger partial charge < -0.3 is 10.5 Å². The monoisotopic (exact) mass is 314 g/mol. The number of ether oxygens (including phenoxy) is 1. The number of morpholine rings is 1. The normalized spacial score (nSPS) is 20.8. The summed E-state index contributed by atoms with van der Waals surface area (Å²) >= 11 is 4.95. The van der Waals surface area contributed by atoms with Crippen LogP contribution in [0.4, 0.5) is 0 Å². The third kappa shape index (κ3) is 2.85. The molecule has 1 aliphatic heterocycles. The molecule has 0 aromatic heterocycles. The third-order valence-corrected chi connectivity index (χ3v) is 5.61. The highest BCUT2D eigenvalue weighted by molar-refractivity contribution is 7.89. The lowest BCUT2D eigenvalue weighted by Crippen LogP contribution is -2.48. The number of sulfonamides is 1. The molecule has 5 nitrogen and oxygen atoms in total. The van der Waals surface area contributed by atoms with Crippen LogP contribution in [0.5, 0.6) is 0 Å². The predicted octanol–water partition coefficient (Wildman–Crippen LogP) is 1.12. The molecule has 1 fully saturated rings. The molecule has 0 saturated carbocycles. The van der Waals surface area contributed by atoms with Gasteiger partial charge in [0.05, 0.1) is 18.1 Å². The van der Waals surface area contributed by atoms with Crippen molar-refractivity contribution in [2.24, 2.45) is 5.73 Å². The lowest BCUT2D eigenvalue weighted by Gasteiger charge is -2.34. The number of thiocarbonyl (C=S) groups is 1. The molecule has 0 aliphatic carbocycles. The molecule has 0 radical (unpaired) electrons. The minimum Gasteiger partial charge on any atom is -0.389 e. The Morgan fingerprint density at radius 2 is 2.20 bits per heavy atom. The zero-order valence-electron chi connectivity index (χ0n) is 11.3. The SMILES string of the molecule is CCC1COCCN1S(=O)(=O)c1ccccc1C(N)=S. The summed E-state index contributed by atoms with van der Waals surface area (Å²) in [5.41, 5.74) is 6.02. The summed E-state index contributed by atoms with van der Waals surface area (Å²) in [7, 11) is -3.61. The molecule has 0 spiro atoms. The fourth-order valence-corrected chi connectivity index (χ4v) is 4.42. The molecule has 1 saturated heterocycles. The van der Waals surface area contributed by atoms with E-state index < -0.39 is 10.0 Å². The van der Waals surface area contributed by atoms with Gasteiger partial charge in [0, 0.05) is 18.2 Å². The molecule has 1 aromatic rings. The van der Waals surface area contributed by atoms with Gasteiger partial charge in [0.1, 0.15) is 4.99 Å². The van der Waals surface area contributed by atoms with Crippen LogP contribution in [0.3, 0.4) is 0 Å². The Hall–Kier alpha value is -1.02. The molecule has 1 aromatic carbocycles. The van der Waals surface area contributed by atoms with Crippen LogP contribution in [0.1, 0.15) is 18.9 Å². The van der Waals surface area contributed by atoms with E-state index in [1.165, 1.54) is 4.31 Å². The Morgan fingerprint density at radius 3 is 2.85 bits per heavy atom. The Morgan fingerprint density at radius 1 is 1.50 bits per heavy atom. The van der Waals surface area contributed by atoms with Crippen LogP contribution in [-0.4, -0.2) is 43.5 Å². The van der Waals surface area contributed by atoms with Gasteiger partial charge in [0.2, 0.25) is 10.0 Å².